The number of hydrogen-bond acceptors (Lipinski definition) is 1. The van der Waals surface area contributed by atoms with Crippen molar-refractivity contribution in [1.82, 2.24) is 0 Å². The summed E-state index contributed by atoms with van der Waals surface area (Å²) in [6.07, 6.45) is 4.13. The number of aryl methyl sites for hydroxylation is 2. The molecule has 15 heavy (non-hydrogen) atoms. The van der Waals surface area contributed by atoms with Crippen LogP contribution < -0.4 is 5.73 Å². The van der Waals surface area contributed by atoms with Crippen LogP contribution in [0.25, 0.3) is 0 Å². The molecule has 2 heteroatoms. The third-order valence-electron chi connectivity index (χ3n) is 3.47. The smallest absolute Gasteiger partial charge is 0.126 e. The molecule has 0 heterocycles. The molecule has 1 aromatic carbocycles. The Morgan fingerprint density at radius 2 is 2.00 bits per heavy atom. The predicted molar refractivity (Wildman–Crippen MR) is 60.3 cm³/mol. The molecule has 0 amide bonds. The van der Waals surface area contributed by atoms with Crippen LogP contribution in [0.2, 0.25) is 0 Å². The standard InChI is InChI=1S/C13H18FN/c1-9-7-11(8-12(14)10(9)2)3-4-13(15)5-6-13/h7-8H,3-6,15H2,1-2H3. The van der Waals surface area contributed by atoms with E-state index in [1.807, 2.05) is 13.8 Å². The van der Waals surface area contributed by atoms with Crippen molar-refractivity contribution in [1.29, 1.82) is 0 Å². The van der Waals surface area contributed by atoms with Gasteiger partial charge in [0.25, 0.3) is 0 Å². The second-order valence-electron chi connectivity index (χ2n) is 4.88. The average Bonchev–Trinajstić information content (AvgIpc) is 2.90. The lowest BCUT2D eigenvalue weighted by atomic mass is 10.00. The van der Waals surface area contributed by atoms with E-state index in [0.29, 0.717) is 0 Å². The monoisotopic (exact) mass is 207 g/mol. The number of halogens is 1. The summed E-state index contributed by atoms with van der Waals surface area (Å²) in [5.74, 6) is -0.0909. The molecule has 1 nitrogen and oxygen atoms in total. The first-order valence-electron chi connectivity index (χ1n) is 5.55. The highest BCUT2D eigenvalue weighted by atomic mass is 19.1. The molecule has 2 N–H and O–H groups in total. The summed E-state index contributed by atoms with van der Waals surface area (Å²) in [6.45, 7) is 3.77. The van der Waals surface area contributed by atoms with Crippen LogP contribution in [0.3, 0.4) is 0 Å². The zero-order chi connectivity index (χ0) is 11.1. The van der Waals surface area contributed by atoms with Gasteiger partial charge in [-0.3, -0.25) is 0 Å². The van der Waals surface area contributed by atoms with Crippen LogP contribution in [0.5, 0.6) is 0 Å². The molecule has 0 aliphatic heterocycles. The zero-order valence-corrected chi connectivity index (χ0v) is 9.44. The minimum absolute atomic E-state index is 0.0647. The zero-order valence-electron chi connectivity index (χ0n) is 9.44. The average molecular weight is 207 g/mol. The topological polar surface area (TPSA) is 26.0 Å². The van der Waals surface area contributed by atoms with Crippen LogP contribution in [0.4, 0.5) is 4.39 Å². The predicted octanol–water partition coefficient (Wildman–Crippen LogP) is 2.87. The Morgan fingerprint density at radius 3 is 2.53 bits per heavy atom. The number of rotatable bonds is 3. The van der Waals surface area contributed by atoms with Crippen LogP contribution >= 0.6 is 0 Å². The Hall–Kier alpha value is -0.890. The molecule has 1 aromatic rings. The first kappa shape index (κ1) is 10.6. The van der Waals surface area contributed by atoms with Gasteiger partial charge < -0.3 is 5.73 Å². The first-order valence-corrected chi connectivity index (χ1v) is 5.55. The van der Waals surface area contributed by atoms with Gasteiger partial charge in [0.1, 0.15) is 5.82 Å². The quantitative estimate of drug-likeness (QED) is 0.810. The summed E-state index contributed by atoms with van der Waals surface area (Å²) in [5, 5.41) is 0. The van der Waals surface area contributed by atoms with Crippen LogP contribution in [0.1, 0.15) is 36.0 Å². The minimum Gasteiger partial charge on any atom is -0.325 e. The number of benzene rings is 1. The lowest BCUT2D eigenvalue weighted by Gasteiger charge is -2.10. The Bertz CT molecular complexity index is 357. The van der Waals surface area contributed by atoms with Gasteiger partial charge in [-0.15, -0.1) is 0 Å². The van der Waals surface area contributed by atoms with Gasteiger partial charge in [-0.25, -0.2) is 4.39 Å². The van der Waals surface area contributed by atoms with E-state index in [0.717, 1.165) is 42.4 Å². The molecule has 1 aliphatic carbocycles. The second kappa shape index (κ2) is 3.60. The highest BCUT2D eigenvalue weighted by Gasteiger charge is 2.37. The molecule has 0 saturated heterocycles. The maximum absolute atomic E-state index is 13.4. The van der Waals surface area contributed by atoms with Gasteiger partial charge in [0, 0.05) is 5.54 Å². The lowest BCUT2D eigenvalue weighted by molar-refractivity contribution is 0.595. The van der Waals surface area contributed by atoms with Gasteiger partial charge in [-0.1, -0.05) is 6.07 Å². The molecule has 0 aromatic heterocycles. The summed E-state index contributed by atoms with van der Waals surface area (Å²) < 4.78 is 13.4. The van der Waals surface area contributed by atoms with Crippen LogP contribution in [-0.2, 0) is 6.42 Å². The summed E-state index contributed by atoms with van der Waals surface area (Å²) in [6, 6.07) is 3.72. The van der Waals surface area contributed by atoms with Crippen LogP contribution in [-0.4, -0.2) is 5.54 Å². The Kier molecular flexibility index (Phi) is 2.55. The highest BCUT2D eigenvalue weighted by Crippen LogP contribution is 2.36. The number of nitrogens with two attached hydrogens (primary N) is 1. The fourth-order valence-electron chi connectivity index (χ4n) is 1.84. The summed E-state index contributed by atoms with van der Waals surface area (Å²) >= 11 is 0. The molecule has 1 saturated carbocycles. The molecule has 0 radical (unpaired) electrons. The largest absolute Gasteiger partial charge is 0.325 e. The third kappa shape index (κ3) is 2.37. The molecule has 0 bridgehead atoms. The van der Waals surface area contributed by atoms with E-state index in [9.17, 15) is 4.39 Å². The van der Waals surface area contributed by atoms with Gasteiger partial charge in [-0.05, 0) is 62.3 Å². The molecular formula is C13H18FN. The maximum Gasteiger partial charge on any atom is 0.126 e. The molecular weight excluding hydrogens is 189 g/mol. The third-order valence-corrected chi connectivity index (χ3v) is 3.47. The Morgan fingerprint density at radius 1 is 1.33 bits per heavy atom. The van der Waals surface area contributed by atoms with Crippen molar-refractivity contribution in [2.45, 2.75) is 45.1 Å². The van der Waals surface area contributed by atoms with Crippen molar-refractivity contribution in [3.05, 3.63) is 34.6 Å². The van der Waals surface area contributed by atoms with Gasteiger partial charge in [0.05, 0.1) is 0 Å². The Labute approximate surface area is 90.5 Å². The van der Waals surface area contributed by atoms with E-state index in [2.05, 4.69) is 6.07 Å². The first-order chi connectivity index (χ1) is 7.00. The summed E-state index contributed by atoms with van der Waals surface area (Å²) in [5.41, 5.74) is 8.94. The van der Waals surface area contributed by atoms with Crippen LogP contribution in [0, 0.1) is 19.7 Å². The van der Waals surface area contributed by atoms with Crippen molar-refractivity contribution < 1.29 is 4.39 Å². The molecule has 0 unspecified atom stereocenters. The molecule has 0 atom stereocenters. The fraction of sp³-hybridized carbons (Fsp3) is 0.538. The summed E-state index contributed by atoms with van der Waals surface area (Å²) in [4.78, 5) is 0. The van der Waals surface area contributed by atoms with E-state index in [1.165, 1.54) is 0 Å². The lowest BCUT2D eigenvalue weighted by Crippen LogP contribution is -2.22. The second-order valence-corrected chi connectivity index (χ2v) is 4.88. The van der Waals surface area contributed by atoms with E-state index in [4.69, 9.17) is 5.73 Å². The van der Waals surface area contributed by atoms with Gasteiger partial charge in [0.2, 0.25) is 0 Å². The molecule has 0 spiro atoms. The van der Waals surface area contributed by atoms with E-state index in [-0.39, 0.29) is 11.4 Å². The van der Waals surface area contributed by atoms with Crippen molar-refractivity contribution in [2.75, 3.05) is 0 Å². The Balaban J connectivity index is 2.08. The molecule has 2 rings (SSSR count). The summed E-state index contributed by atoms with van der Waals surface area (Å²) in [7, 11) is 0. The van der Waals surface area contributed by atoms with E-state index < -0.39 is 0 Å². The highest BCUT2D eigenvalue weighted by molar-refractivity contribution is 5.31. The minimum atomic E-state index is -0.0909. The normalized spacial score (nSPS) is 17.9. The number of hydrogen-bond donors (Lipinski definition) is 1. The van der Waals surface area contributed by atoms with Crippen molar-refractivity contribution in [3.8, 4) is 0 Å². The molecule has 82 valence electrons. The van der Waals surface area contributed by atoms with E-state index >= 15 is 0 Å². The maximum atomic E-state index is 13.4. The van der Waals surface area contributed by atoms with Gasteiger partial charge in [-0.2, -0.15) is 0 Å². The van der Waals surface area contributed by atoms with Gasteiger partial charge >= 0.3 is 0 Å². The van der Waals surface area contributed by atoms with Crippen molar-refractivity contribution >= 4 is 0 Å². The van der Waals surface area contributed by atoms with Crippen molar-refractivity contribution in [2.24, 2.45) is 5.73 Å². The fourth-order valence-corrected chi connectivity index (χ4v) is 1.84. The van der Waals surface area contributed by atoms with Gasteiger partial charge in [0.15, 0.2) is 0 Å². The van der Waals surface area contributed by atoms with Crippen molar-refractivity contribution in [3.63, 3.8) is 0 Å². The van der Waals surface area contributed by atoms with Crippen LogP contribution in [0.15, 0.2) is 12.1 Å². The molecule has 1 aliphatic rings. The molecule has 1 fully saturated rings. The van der Waals surface area contributed by atoms with E-state index in [1.54, 1.807) is 6.07 Å². The SMILES string of the molecule is Cc1cc(CCC2(N)CC2)cc(F)c1C.